The number of ether oxygens (including phenoxy) is 2. The van der Waals surface area contributed by atoms with Gasteiger partial charge in [-0.2, -0.15) is 4.98 Å². The first-order chi connectivity index (χ1) is 11.0. The summed E-state index contributed by atoms with van der Waals surface area (Å²) in [4.78, 5) is 20.8. The van der Waals surface area contributed by atoms with Gasteiger partial charge in [0.25, 0.3) is 5.56 Å². The predicted octanol–water partition coefficient (Wildman–Crippen LogP) is 2.76. The third-order valence-electron chi connectivity index (χ3n) is 3.53. The number of aromatic nitrogens is 3. The summed E-state index contributed by atoms with van der Waals surface area (Å²) in [5, 5.41) is 0.821. The summed E-state index contributed by atoms with van der Waals surface area (Å²) in [6.07, 6.45) is 1.60. The second kappa shape index (κ2) is 5.89. The largest absolute Gasteiger partial charge is 0.497 e. The van der Waals surface area contributed by atoms with Crippen LogP contribution >= 0.6 is 11.6 Å². The van der Waals surface area contributed by atoms with Gasteiger partial charge in [0.15, 0.2) is 5.65 Å². The normalized spacial score (nSPS) is 10.8. The van der Waals surface area contributed by atoms with E-state index in [1.807, 2.05) is 6.92 Å². The Morgan fingerprint density at radius 1 is 1.09 bits per heavy atom. The Bertz CT molecular complexity index is 931. The van der Waals surface area contributed by atoms with Crippen molar-refractivity contribution in [2.75, 3.05) is 14.2 Å². The van der Waals surface area contributed by atoms with Crippen molar-refractivity contribution in [1.82, 2.24) is 14.5 Å². The summed E-state index contributed by atoms with van der Waals surface area (Å²) in [7, 11) is 3.10. The Kier molecular flexibility index (Phi) is 3.92. The molecular formula is C16H14ClN3O3. The lowest BCUT2D eigenvalue weighted by molar-refractivity contribution is 0.394. The van der Waals surface area contributed by atoms with Gasteiger partial charge in [-0.3, -0.25) is 9.36 Å². The smallest absolute Gasteiger partial charge is 0.257 e. The van der Waals surface area contributed by atoms with Gasteiger partial charge < -0.3 is 9.47 Å². The zero-order valence-electron chi connectivity index (χ0n) is 12.8. The molecule has 2 aromatic heterocycles. The van der Waals surface area contributed by atoms with Crippen molar-refractivity contribution < 1.29 is 9.47 Å². The molecule has 0 bridgehead atoms. The fourth-order valence-electron chi connectivity index (χ4n) is 2.40. The number of rotatable bonds is 3. The van der Waals surface area contributed by atoms with Crippen LogP contribution < -0.4 is 15.0 Å². The van der Waals surface area contributed by atoms with Crippen molar-refractivity contribution in [3.05, 3.63) is 51.7 Å². The van der Waals surface area contributed by atoms with E-state index in [0.717, 1.165) is 10.9 Å². The van der Waals surface area contributed by atoms with Crippen molar-refractivity contribution in [2.45, 2.75) is 6.92 Å². The third kappa shape index (κ3) is 2.73. The van der Waals surface area contributed by atoms with Crippen LogP contribution in [0.25, 0.3) is 16.7 Å². The van der Waals surface area contributed by atoms with Crippen LogP contribution in [0, 0.1) is 6.92 Å². The van der Waals surface area contributed by atoms with E-state index in [-0.39, 0.29) is 10.8 Å². The monoisotopic (exact) mass is 331 g/mol. The Hall–Kier alpha value is -2.60. The van der Waals surface area contributed by atoms with E-state index in [1.165, 1.54) is 10.6 Å². The fourth-order valence-corrected chi connectivity index (χ4v) is 2.53. The molecule has 0 unspecified atom stereocenters. The maximum Gasteiger partial charge on any atom is 0.257 e. The molecule has 0 N–H and O–H groups in total. The molecule has 3 aromatic rings. The highest BCUT2D eigenvalue weighted by molar-refractivity contribution is 6.28. The van der Waals surface area contributed by atoms with Gasteiger partial charge >= 0.3 is 0 Å². The summed E-state index contributed by atoms with van der Waals surface area (Å²) in [5.74, 6) is 1.14. The molecule has 0 aliphatic heterocycles. The van der Waals surface area contributed by atoms with Gasteiger partial charge in [-0.15, -0.1) is 0 Å². The van der Waals surface area contributed by atoms with Gasteiger partial charge in [0.2, 0.25) is 5.28 Å². The van der Waals surface area contributed by atoms with E-state index in [2.05, 4.69) is 9.97 Å². The Morgan fingerprint density at radius 2 is 1.74 bits per heavy atom. The first-order valence-corrected chi connectivity index (χ1v) is 7.19. The Morgan fingerprint density at radius 3 is 2.35 bits per heavy atom. The first-order valence-electron chi connectivity index (χ1n) is 6.82. The number of pyridine rings is 1. The minimum atomic E-state index is -0.222. The third-order valence-corrected chi connectivity index (χ3v) is 3.71. The van der Waals surface area contributed by atoms with Crippen molar-refractivity contribution in [3.8, 4) is 17.2 Å². The zero-order valence-corrected chi connectivity index (χ0v) is 13.6. The van der Waals surface area contributed by atoms with Crippen molar-refractivity contribution in [2.24, 2.45) is 0 Å². The molecule has 2 heterocycles. The van der Waals surface area contributed by atoms with Gasteiger partial charge in [0, 0.05) is 35.8 Å². The average Bonchev–Trinajstić information content (AvgIpc) is 2.54. The number of aryl methyl sites for hydroxylation is 1. The molecule has 0 fully saturated rings. The van der Waals surface area contributed by atoms with Crippen LogP contribution in [0.3, 0.4) is 0 Å². The van der Waals surface area contributed by atoms with E-state index in [0.29, 0.717) is 22.8 Å². The second-order valence-corrected chi connectivity index (χ2v) is 5.29. The summed E-state index contributed by atoms with van der Waals surface area (Å²) in [6.45, 7) is 1.83. The molecule has 23 heavy (non-hydrogen) atoms. The van der Waals surface area contributed by atoms with Crippen LogP contribution in [0.2, 0.25) is 5.28 Å². The number of methoxy groups -OCH3 is 2. The van der Waals surface area contributed by atoms with Crippen molar-refractivity contribution >= 4 is 22.6 Å². The highest BCUT2D eigenvalue weighted by Gasteiger charge is 2.13. The molecular weight excluding hydrogens is 318 g/mol. The van der Waals surface area contributed by atoms with Crippen LogP contribution in [0.1, 0.15) is 5.56 Å². The summed E-state index contributed by atoms with van der Waals surface area (Å²) < 4.78 is 12.0. The lowest BCUT2D eigenvalue weighted by Gasteiger charge is -2.13. The van der Waals surface area contributed by atoms with Crippen LogP contribution in [-0.4, -0.2) is 28.8 Å². The second-order valence-electron chi connectivity index (χ2n) is 4.95. The van der Waals surface area contributed by atoms with Crippen molar-refractivity contribution in [3.63, 3.8) is 0 Å². The summed E-state index contributed by atoms with van der Waals surface area (Å²) in [5.41, 5.74) is 1.57. The van der Waals surface area contributed by atoms with Gasteiger partial charge in [0.1, 0.15) is 11.5 Å². The first kappa shape index (κ1) is 15.3. The Balaban J connectivity index is 2.40. The van der Waals surface area contributed by atoms with Crippen LogP contribution in [-0.2, 0) is 0 Å². The zero-order chi connectivity index (χ0) is 16.6. The molecule has 0 saturated heterocycles. The molecule has 0 radical (unpaired) electrons. The minimum absolute atomic E-state index is 0.0751. The lowest BCUT2D eigenvalue weighted by Crippen LogP contribution is -2.19. The van der Waals surface area contributed by atoms with Crippen molar-refractivity contribution in [1.29, 1.82) is 0 Å². The number of hydrogen-bond acceptors (Lipinski definition) is 5. The molecule has 118 valence electrons. The van der Waals surface area contributed by atoms with E-state index < -0.39 is 0 Å². The highest BCUT2D eigenvalue weighted by Crippen LogP contribution is 2.26. The topological polar surface area (TPSA) is 66.2 Å². The van der Waals surface area contributed by atoms with Gasteiger partial charge in [-0.1, -0.05) is 0 Å². The van der Waals surface area contributed by atoms with Gasteiger partial charge in [-0.25, -0.2) is 4.98 Å². The number of hydrogen-bond donors (Lipinski definition) is 0. The molecule has 6 nitrogen and oxygen atoms in total. The van der Waals surface area contributed by atoms with Crippen LogP contribution in [0.5, 0.6) is 11.5 Å². The summed E-state index contributed by atoms with van der Waals surface area (Å²) in [6, 6.07) is 6.72. The number of fused-ring (bicyclic) bond motifs is 1. The van der Waals surface area contributed by atoms with E-state index in [9.17, 15) is 4.79 Å². The van der Waals surface area contributed by atoms with E-state index in [1.54, 1.807) is 38.6 Å². The fraction of sp³-hybridized carbons (Fsp3) is 0.188. The molecule has 3 rings (SSSR count). The SMILES string of the molecule is COc1cc(OC)cc(-n2c(=O)cc(C)c3cnc(Cl)nc32)c1. The predicted molar refractivity (Wildman–Crippen MR) is 88.0 cm³/mol. The van der Waals surface area contributed by atoms with Crippen LogP contribution in [0.4, 0.5) is 0 Å². The van der Waals surface area contributed by atoms with Gasteiger partial charge in [-0.05, 0) is 24.1 Å². The van der Waals surface area contributed by atoms with Crippen LogP contribution in [0.15, 0.2) is 35.3 Å². The molecule has 0 atom stereocenters. The maximum atomic E-state index is 12.5. The lowest BCUT2D eigenvalue weighted by atomic mass is 10.2. The maximum absolute atomic E-state index is 12.5. The minimum Gasteiger partial charge on any atom is -0.497 e. The molecule has 0 amide bonds. The molecule has 0 aliphatic rings. The summed E-state index contributed by atoms with van der Waals surface area (Å²) >= 11 is 5.91. The quantitative estimate of drug-likeness (QED) is 0.690. The van der Waals surface area contributed by atoms with Gasteiger partial charge in [0.05, 0.1) is 19.9 Å². The molecule has 0 aliphatic carbocycles. The highest BCUT2D eigenvalue weighted by atomic mass is 35.5. The Labute approximate surface area is 137 Å². The number of benzene rings is 1. The average molecular weight is 332 g/mol. The van der Waals surface area contributed by atoms with E-state index >= 15 is 0 Å². The standard InChI is InChI=1S/C16H14ClN3O3/c1-9-4-14(21)20(15-13(9)8-18-16(17)19-15)10-5-11(22-2)7-12(6-10)23-3/h4-8H,1-3H3. The molecule has 0 spiro atoms. The molecule has 0 saturated carbocycles. The van der Waals surface area contributed by atoms with E-state index in [4.69, 9.17) is 21.1 Å². The molecule has 7 heteroatoms. The number of halogens is 1. The molecule has 1 aromatic carbocycles. The number of nitrogens with zero attached hydrogens (tertiary/aromatic N) is 3.